The molecule has 7 heteroatoms. The summed E-state index contributed by atoms with van der Waals surface area (Å²) in [4.78, 5) is 12.0. The third-order valence-electron chi connectivity index (χ3n) is 4.14. The van der Waals surface area contributed by atoms with Crippen molar-refractivity contribution in [2.24, 2.45) is 0 Å². The van der Waals surface area contributed by atoms with Crippen molar-refractivity contribution < 1.29 is 17.9 Å². The molecule has 1 aliphatic rings. The number of carbonyl (C=O) groups is 1. The third-order valence-corrected chi connectivity index (χ3v) is 5.53. The summed E-state index contributed by atoms with van der Waals surface area (Å²) < 4.78 is 31.6. The van der Waals surface area contributed by atoms with Gasteiger partial charge in [0.2, 0.25) is 10.0 Å². The third kappa shape index (κ3) is 6.88. The fraction of sp³-hybridized carbons (Fsp3) is 0.500. The van der Waals surface area contributed by atoms with Crippen LogP contribution in [0, 0.1) is 0 Å². The van der Waals surface area contributed by atoms with E-state index in [1.165, 1.54) is 25.5 Å². The molecule has 0 unspecified atom stereocenters. The number of sulfonamides is 1. The van der Waals surface area contributed by atoms with Gasteiger partial charge in [-0.05, 0) is 50.3 Å². The van der Waals surface area contributed by atoms with Crippen molar-refractivity contribution in [3.8, 4) is 5.75 Å². The molecule has 6 nitrogen and oxygen atoms in total. The molecule has 0 heterocycles. The molecule has 2 N–H and O–H groups in total. The summed E-state index contributed by atoms with van der Waals surface area (Å²) in [5.74, 6) is 0.127. The Hall–Kier alpha value is -1.86. The van der Waals surface area contributed by atoms with Crippen LogP contribution >= 0.6 is 0 Å². The first-order valence-electron chi connectivity index (χ1n) is 8.58. The molecule has 0 radical (unpaired) electrons. The highest BCUT2D eigenvalue weighted by molar-refractivity contribution is 7.89. The lowest BCUT2D eigenvalue weighted by molar-refractivity contribution is 0.0956. The highest BCUT2D eigenvalue weighted by Gasteiger charge is 2.12. The van der Waals surface area contributed by atoms with E-state index in [9.17, 15) is 13.2 Å². The molecular weight excluding hydrogens is 340 g/mol. The standard InChI is InChI=1S/C18H26N2O4S/c1-24-17-9-5-8-16(14-17)18(21)19-12-13-25(22,23)20-11-10-15-6-3-2-4-7-15/h5-6,8-9,14,20H,2-4,7,10-13H2,1H3,(H,19,21). The topological polar surface area (TPSA) is 84.5 Å². The molecule has 0 aliphatic heterocycles. The second kappa shape index (κ2) is 9.58. The number of nitrogens with one attached hydrogen (secondary N) is 2. The van der Waals surface area contributed by atoms with Gasteiger partial charge in [0.25, 0.3) is 5.91 Å². The lowest BCUT2D eigenvalue weighted by Crippen LogP contribution is -2.35. The highest BCUT2D eigenvalue weighted by Crippen LogP contribution is 2.19. The lowest BCUT2D eigenvalue weighted by Gasteiger charge is -2.13. The number of ether oxygens (including phenoxy) is 1. The lowest BCUT2D eigenvalue weighted by atomic mass is 9.97. The molecule has 0 aromatic heterocycles. The van der Waals surface area contributed by atoms with E-state index in [-0.39, 0.29) is 18.2 Å². The van der Waals surface area contributed by atoms with E-state index in [1.54, 1.807) is 24.3 Å². The quantitative estimate of drug-likeness (QED) is 0.657. The van der Waals surface area contributed by atoms with Crippen molar-refractivity contribution in [2.45, 2.75) is 32.1 Å². The normalized spacial score (nSPS) is 14.7. The Morgan fingerprint density at radius 1 is 1.24 bits per heavy atom. The maximum Gasteiger partial charge on any atom is 0.251 e. The Kier molecular flexibility index (Phi) is 7.46. The molecule has 1 aromatic rings. The molecule has 1 aromatic carbocycles. The predicted molar refractivity (Wildman–Crippen MR) is 98.3 cm³/mol. The summed E-state index contributed by atoms with van der Waals surface area (Å²) >= 11 is 0. The summed E-state index contributed by atoms with van der Waals surface area (Å²) in [6, 6.07) is 6.72. The minimum Gasteiger partial charge on any atom is -0.497 e. The Morgan fingerprint density at radius 3 is 2.80 bits per heavy atom. The number of methoxy groups -OCH3 is 1. The summed E-state index contributed by atoms with van der Waals surface area (Å²) in [6.07, 6.45) is 7.55. The number of amides is 1. The van der Waals surface area contributed by atoms with Crippen LogP contribution in [-0.2, 0) is 10.0 Å². The molecule has 0 fully saturated rings. The van der Waals surface area contributed by atoms with Crippen molar-refractivity contribution in [1.82, 2.24) is 10.0 Å². The van der Waals surface area contributed by atoms with Gasteiger partial charge in [0.15, 0.2) is 0 Å². The second-order valence-corrected chi connectivity index (χ2v) is 7.99. The number of hydrogen-bond donors (Lipinski definition) is 2. The predicted octanol–water partition coefficient (Wildman–Crippen LogP) is 2.23. The molecule has 2 rings (SSSR count). The average molecular weight is 366 g/mol. The molecule has 0 saturated carbocycles. The molecule has 0 bridgehead atoms. The van der Waals surface area contributed by atoms with Crippen LogP contribution in [-0.4, -0.2) is 40.3 Å². The highest BCUT2D eigenvalue weighted by atomic mass is 32.2. The first-order chi connectivity index (χ1) is 12.0. The van der Waals surface area contributed by atoms with Crippen molar-refractivity contribution in [1.29, 1.82) is 0 Å². The van der Waals surface area contributed by atoms with Gasteiger partial charge in [-0.1, -0.05) is 17.7 Å². The number of benzene rings is 1. The summed E-state index contributed by atoms with van der Waals surface area (Å²) in [7, 11) is -1.86. The Labute approximate surface area is 149 Å². The van der Waals surface area contributed by atoms with E-state index in [4.69, 9.17) is 4.74 Å². The molecular formula is C18H26N2O4S. The van der Waals surface area contributed by atoms with Crippen molar-refractivity contribution in [2.75, 3.05) is 26.0 Å². The van der Waals surface area contributed by atoms with E-state index < -0.39 is 10.0 Å². The van der Waals surface area contributed by atoms with Gasteiger partial charge < -0.3 is 10.1 Å². The smallest absolute Gasteiger partial charge is 0.251 e. The van der Waals surface area contributed by atoms with E-state index >= 15 is 0 Å². The molecule has 0 saturated heterocycles. The maximum atomic E-state index is 12.0. The molecule has 138 valence electrons. The molecule has 1 aliphatic carbocycles. The van der Waals surface area contributed by atoms with Gasteiger partial charge in [-0.15, -0.1) is 0 Å². The molecule has 0 spiro atoms. The zero-order valence-electron chi connectivity index (χ0n) is 14.6. The van der Waals surface area contributed by atoms with Crippen molar-refractivity contribution >= 4 is 15.9 Å². The van der Waals surface area contributed by atoms with Crippen LogP contribution in [0.25, 0.3) is 0 Å². The zero-order valence-corrected chi connectivity index (χ0v) is 15.4. The molecule has 1 amide bonds. The average Bonchev–Trinajstić information content (AvgIpc) is 2.62. The van der Waals surface area contributed by atoms with Gasteiger partial charge in [0.1, 0.15) is 5.75 Å². The van der Waals surface area contributed by atoms with E-state index in [0.717, 1.165) is 19.3 Å². The number of hydrogen-bond acceptors (Lipinski definition) is 4. The van der Waals surface area contributed by atoms with Gasteiger partial charge in [-0.2, -0.15) is 0 Å². The SMILES string of the molecule is COc1cccc(C(=O)NCCS(=O)(=O)NCCC2=CCCCC2)c1. The summed E-state index contributed by atoms with van der Waals surface area (Å²) in [5, 5.41) is 2.62. The summed E-state index contributed by atoms with van der Waals surface area (Å²) in [6.45, 7) is 0.478. The van der Waals surface area contributed by atoms with Crippen LogP contribution < -0.4 is 14.8 Å². The first-order valence-corrected chi connectivity index (χ1v) is 10.2. The van der Waals surface area contributed by atoms with Gasteiger partial charge in [-0.25, -0.2) is 13.1 Å². The van der Waals surface area contributed by atoms with Crippen molar-refractivity contribution in [3.05, 3.63) is 41.5 Å². The van der Waals surface area contributed by atoms with Crippen LogP contribution in [0.4, 0.5) is 0 Å². The van der Waals surface area contributed by atoms with E-state index in [1.807, 2.05) is 0 Å². The first kappa shape index (κ1) is 19.5. The largest absolute Gasteiger partial charge is 0.497 e. The van der Waals surface area contributed by atoms with E-state index in [0.29, 0.717) is 17.9 Å². The van der Waals surface area contributed by atoms with Gasteiger partial charge in [0.05, 0.1) is 12.9 Å². The van der Waals surface area contributed by atoms with Crippen LogP contribution in [0.1, 0.15) is 42.5 Å². The van der Waals surface area contributed by atoms with Gasteiger partial charge >= 0.3 is 0 Å². The minimum absolute atomic E-state index is 0.0636. The Balaban J connectivity index is 1.71. The van der Waals surface area contributed by atoms with Gasteiger partial charge in [0, 0.05) is 18.7 Å². The van der Waals surface area contributed by atoms with Crippen LogP contribution in [0.15, 0.2) is 35.9 Å². The Morgan fingerprint density at radius 2 is 2.08 bits per heavy atom. The fourth-order valence-electron chi connectivity index (χ4n) is 2.74. The number of allylic oxidation sites excluding steroid dienone is 1. The van der Waals surface area contributed by atoms with Gasteiger partial charge in [-0.3, -0.25) is 4.79 Å². The number of rotatable bonds is 9. The molecule has 25 heavy (non-hydrogen) atoms. The van der Waals surface area contributed by atoms with Crippen molar-refractivity contribution in [3.63, 3.8) is 0 Å². The zero-order chi connectivity index (χ0) is 18.1. The van der Waals surface area contributed by atoms with E-state index in [2.05, 4.69) is 16.1 Å². The fourth-order valence-corrected chi connectivity index (χ4v) is 3.66. The monoisotopic (exact) mass is 366 g/mol. The van der Waals surface area contributed by atoms with Crippen LogP contribution in [0.2, 0.25) is 0 Å². The Bertz CT molecular complexity index is 714. The van der Waals surface area contributed by atoms with Crippen LogP contribution in [0.3, 0.4) is 0 Å². The van der Waals surface area contributed by atoms with Crippen LogP contribution in [0.5, 0.6) is 5.75 Å². The molecule has 0 atom stereocenters. The maximum absolute atomic E-state index is 12.0. The number of carbonyl (C=O) groups excluding carboxylic acids is 1. The minimum atomic E-state index is -3.39. The second-order valence-electron chi connectivity index (χ2n) is 6.06. The summed E-state index contributed by atoms with van der Waals surface area (Å²) in [5.41, 5.74) is 1.77.